The molecule has 0 unspecified atom stereocenters. The molecule has 2 aliphatic heterocycles. The molecule has 3 N–H and O–H groups in total. The topological polar surface area (TPSA) is 156 Å². The third kappa shape index (κ3) is 9.85. The summed E-state index contributed by atoms with van der Waals surface area (Å²) in [6, 6.07) is 7.84. The first-order valence-corrected chi connectivity index (χ1v) is 17.0. The van der Waals surface area contributed by atoms with Gasteiger partial charge in [0.2, 0.25) is 5.91 Å². The number of pyridine rings is 1. The van der Waals surface area contributed by atoms with Crippen LogP contribution in [0.1, 0.15) is 97.4 Å². The highest BCUT2D eigenvalue weighted by Gasteiger charge is 2.34. The van der Waals surface area contributed by atoms with Crippen LogP contribution in [0.15, 0.2) is 36.4 Å². The molecule has 4 rings (SSSR count). The lowest BCUT2D eigenvalue weighted by Crippen LogP contribution is -2.61. The summed E-state index contributed by atoms with van der Waals surface area (Å²) in [5, 5.41) is 8.03. The van der Waals surface area contributed by atoms with E-state index < -0.39 is 42.1 Å². The zero-order valence-electron chi connectivity index (χ0n) is 28.8. The van der Waals surface area contributed by atoms with E-state index in [0.29, 0.717) is 37.9 Å². The summed E-state index contributed by atoms with van der Waals surface area (Å²) in [7, 11) is 0. The number of carbonyl (C=O) groups is 5. The van der Waals surface area contributed by atoms with Gasteiger partial charge < -0.3 is 20.1 Å². The molecule has 5 bridgehead atoms. The first-order chi connectivity index (χ1) is 22.8. The number of fused-ring (bicyclic) bond motifs is 4. The van der Waals surface area contributed by atoms with Gasteiger partial charge in [-0.15, -0.1) is 0 Å². The minimum absolute atomic E-state index is 0.0526. The number of esters is 2. The Hall–Kier alpha value is -4.32. The van der Waals surface area contributed by atoms with E-state index in [1.165, 1.54) is 5.01 Å². The zero-order valence-corrected chi connectivity index (χ0v) is 28.8. The summed E-state index contributed by atoms with van der Waals surface area (Å²) >= 11 is 0. The number of rotatable bonds is 3. The van der Waals surface area contributed by atoms with Gasteiger partial charge >= 0.3 is 11.9 Å². The quantitative estimate of drug-likeness (QED) is 0.411. The monoisotopic (exact) mass is 663 g/mol. The van der Waals surface area contributed by atoms with Crippen molar-refractivity contribution in [1.82, 2.24) is 26.1 Å². The maximum atomic E-state index is 13.3. The number of nitrogens with zero attached hydrogens (tertiary/aromatic N) is 2. The molecule has 1 fully saturated rings. The van der Waals surface area contributed by atoms with Gasteiger partial charge in [-0.2, -0.15) is 0 Å². The maximum absolute atomic E-state index is 13.3. The summed E-state index contributed by atoms with van der Waals surface area (Å²) in [6.45, 7) is 10.8. The molecular formula is C36H49N5O7. The van der Waals surface area contributed by atoms with Crippen LogP contribution in [-0.4, -0.2) is 70.5 Å². The standard InChI is InChI=1S/C36H49N5O7/c1-21(2)32-34(44)38-24(6)35(45)41-19-9-12-29(40-41)33(43)37-23(5)28-17-15-26-14-13-25(20-30(26)39-28)10-7-8-11-27(16-18-31(42)48-32)47-36(46)22(3)4/h7,10,13-15,17,20-24,27,29,32,40H,8-9,11-12,16,18-19H2,1-6H3,(H,37,43)(H,38,44)/b10-7+/t23-,24+,27-,29+,32+/m1/s1. The summed E-state index contributed by atoms with van der Waals surface area (Å²) in [5.74, 6) is -2.90. The second kappa shape index (κ2) is 16.7. The molecule has 0 radical (unpaired) electrons. The van der Waals surface area contributed by atoms with Crippen molar-refractivity contribution in [2.75, 3.05) is 6.54 Å². The Morgan fingerprint density at radius 1 is 0.958 bits per heavy atom. The van der Waals surface area contributed by atoms with Crippen LogP contribution in [0.5, 0.6) is 0 Å². The van der Waals surface area contributed by atoms with Crippen molar-refractivity contribution in [3.63, 3.8) is 0 Å². The van der Waals surface area contributed by atoms with Crippen molar-refractivity contribution in [2.24, 2.45) is 11.8 Å². The minimum Gasteiger partial charge on any atom is -0.462 e. The zero-order chi connectivity index (χ0) is 35.0. The summed E-state index contributed by atoms with van der Waals surface area (Å²) in [6.07, 6.45) is 4.72. The van der Waals surface area contributed by atoms with E-state index >= 15 is 0 Å². The van der Waals surface area contributed by atoms with Gasteiger partial charge in [-0.05, 0) is 69.6 Å². The molecule has 3 heterocycles. The number of carbonyl (C=O) groups excluding carboxylic acids is 5. The van der Waals surface area contributed by atoms with Crippen LogP contribution in [-0.2, 0) is 33.4 Å². The Bertz CT molecular complexity index is 1520. The molecule has 2 aliphatic rings. The second-order valence-corrected chi connectivity index (χ2v) is 13.3. The Balaban J connectivity index is 1.59. The fourth-order valence-corrected chi connectivity index (χ4v) is 5.64. The highest BCUT2D eigenvalue weighted by Crippen LogP contribution is 2.21. The Morgan fingerprint density at radius 3 is 2.42 bits per heavy atom. The molecule has 48 heavy (non-hydrogen) atoms. The largest absolute Gasteiger partial charge is 0.462 e. The third-order valence-electron chi connectivity index (χ3n) is 8.55. The average molecular weight is 664 g/mol. The maximum Gasteiger partial charge on any atom is 0.308 e. The molecule has 3 amide bonds. The van der Waals surface area contributed by atoms with E-state index in [1.54, 1.807) is 34.6 Å². The van der Waals surface area contributed by atoms with Crippen molar-refractivity contribution in [1.29, 1.82) is 0 Å². The van der Waals surface area contributed by atoms with E-state index in [4.69, 9.17) is 14.5 Å². The summed E-state index contributed by atoms with van der Waals surface area (Å²) in [5.41, 5.74) is 5.45. The Kier molecular flexibility index (Phi) is 12.7. The fraction of sp³-hybridized carbons (Fsp3) is 0.556. The van der Waals surface area contributed by atoms with Gasteiger partial charge in [0.25, 0.3) is 11.8 Å². The molecule has 260 valence electrons. The van der Waals surface area contributed by atoms with Gasteiger partial charge in [-0.3, -0.25) is 34.0 Å². The number of hydrogen-bond donors (Lipinski definition) is 3. The average Bonchev–Trinajstić information content (AvgIpc) is 3.06. The molecule has 2 aromatic rings. The summed E-state index contributed by atoms with van der Waals surface area (Å²) < 4.78 is 11.3. The Morgan fingerprint density at radius 2 is 1.69 bits per heavy atom. The lowest BCUT2D eigenvalue weighted by molar-refractivity contribution is -0.161. The van der Waals surface area contributed by atoms with Crippen molar-refractivity contribution >= 4 is 46.6 Å². The van der Waals surface area contributed by atoms with Gasteiger partial charge in [-0.1, -0.05) is 58.0 Å². The second-order valence-electron chi connectivity index (χ2n) is 13.3. The number of nitrogens with one attached hydrogen (secondary N) is 3. The third-order valence-corrected chi connectivity index (χ3v) is 8.55. The van der Waals surface area contributed by atoms with Gasteiger partial charge in [0, 0.05) is 18.4 Å². The molecule has 12 nitrogen and oxygen atoms in total. The van der Waals surface area contributed by atoms with Crippen LogP contribution >= 0.6 is 0 Å². The van der Waals surface area contributed by atoms with Gasteiger partial charge in [0.1, 0.15) is 18.2 Å². The van der Waals surface area contributed by atoms with E-state index in [1.807, 2.05) is 49.4 Å². The van der Waals surface area contributed by atoms with Crippen LogP contribution in [0.2, 0.25) is 0 Å². The van der Waals surface area contributed by atoms with Crippen molar-refractivity contribution in [3.05, 3.63) is 47.7 Å². The highest BCUT2D eigenvalue weighted by atomic mass is 16.6. The molecule has 1 aromatic heterocycles. The number of hydrogen-bond acceptors (Lipinski definition) is 9. The lowest BCUT2D eigenvalue weighted by atomic mass is 10.0. The van der Waals surface area contributed by atoms with Crippen LogP contribution in [0.4, 0.5) is 0 Å². The number of cyclic esters (lactones) is 1. The number of hydrazine groups is 1. The predicted octanol–water partition coefficient (Wildman–Crippen LogP) is 4.14. The van der Waals surface area contributed by atoms with Gasteiger partial charge in [-0.25, -0.2) is 5.43 Å². The normalized spacial score (nSPS) is 26.1. The van der Waals surface area contributed by atoms with Gasteiger partial charge in [0.05, 0.1) is 23.2 Å². The predicted molar refractivity (Wildman–Crippen MR) is 181 cm³/mol. The number of allylic oxidation sites excluding steroid dienone is 1. The SMILES string of the molecule is CC(C)C(=O)O[C@@H]1CC/C=C/c2ccc3ccc(nc3c2)[C@@H](C)NC(=O)[C@@H]2CCCN(N2)C(=O)[C@H](C)NC(=O)[C@H](C(C)C)OC(=O)CC1. The minimum atomic E-state index is -1.13. The smallest absolute Gasteiger partial charge is 0.308 e. The van der Waals surface area contributed by atoms with E-state index in [0.717, 1.165) is 16.5 Å². The van der Waals surface area contributed by atoms with Crippen molar-refractivity contribution in [2.45, 2.75) is 110 Å². The van der Waals surface area contributed by atoms with Gasteiger partial charge in [0.15, 0.2) is 6.10 Å². The molecule has 5 atom stereocenters. The van der Waals surface area contributed by atoms with E-state index in [9.17, 15) is 24.0 Å². The molecule has 1 saturated heterocycles. The number of ether oxygens (including phenoxy) is 2. The lowest BCUT2D eigenvalue weighted by Gasteiger charge is -2.35. The Labute approximate surface area is 282 Å². The highest BCUT2D eigenvalue weighted by molar-refractivity contribution is 5.91. The fourth-order valence-electron chi connectivity index (χ4n) is 5.64. The van der Waals surface area contributed by atoms with Crippen LogP contribution in [0.3, 0.4) is 0 Å². The van der Waals surface area contributed by atoms with E-state index in [-0.39, 0.29) is 42.6 Å². The molecule has 0 aliphatic carbocycles. The number of benzene rings is 1. The molecular weight excluding hydrogens is 614 g/mol. The molecule has 1 aromatic carbocycles. The van der Waals surface area contributed by atoms with Crippen LogP contribution in [0.25, 0.3) is 17.0 Å². The summed E-state index contributed by atoms with van der Waals surface area (Å²) in [4.78, 5) is 70.1. The van der Waals surface area contributed by atoms with Crippen LogP contribution in [0, 0.1) is 11.8 Å². The molecule has 0 spiro atoms. The van der Waals surface area contributed by atoms with Crippen molar-refractivity contribution in [3.8, 4) is 0 Å². The van der Waals surface area contributed by atoms with Crippen molar-refractivity contribution < 1.29 is 33.4 Å². The van der Waals surface area contributed by atoms with Crippen LogP contribution < -0.4 is 16.1 Å². The molecule has 12 heteroatoms. The number of amides is 3. The van der Waals surface area contributed by atoms with E-state index in [2.05, 4.69) is 16.1 Å². The molecule has 0 saturated carbocycles. The first-order valence-electron chi connectivity index (χ1n) is 17.0. The first kappa shape index (κ1) is 36.5. The number of aromatic nitrogens is 1.